The van der Waals surface area contributed by atoms with E-state index in [4.69, 9.17) is 9.72 Å². The molecular formula is C29H28F2N4O6S. The van der Waals surface area contributed by atoms with Crippen molar-refractivity contribution in [3.05, 3.63) is 77.4 Å². The quantitative estimate of drug-likeness (QED) is 0.291. The average molecular weight is 599 g/mol. The molecule has 10 nitrogen and oxygen atoms in total. The molecule has 1 saturated carbocycles. The van der Waals surface area contributed by atoms with Gasteiger partial charge in [-0.3, -0.25) is 9.78 Å². The van der Waals surface area contributed by atoms with E-state index < -0.39 is 34.7 Å². The normalized spacial score (nSPS) is 16.8. The van der Waals surface area contributed by atoms with Crippen molar-refractivity contribution in [2.45, 2.75) is 55.9 Å². The van der Waals surface area contributed by atoms with Crippen LogP contribution in [0, 0.1) is 0 Å². The molecule has 1 aliphatic carbocycles. The summed E-state index contributed by atoms with van der Waals surface area (Å²) in [5, 5.41) is 12.7. The van der Waals surface area contributed by atoms with Crippen molar-refractivity contribution < 1.29 is 36.6 Å². The number of hydrogen-bond acceptors (Lipinski definition) is 8. The number of aliphatic hydroxyl groups is 1. The summed E-state index contributed by atoms with van der Waals surface area (Å²) in [5.41, 5.74) is 2.42. The number of carbonyl (C=O) groups is 1. The molecule has 2 N–H and O–H groups in total. The molecule has 1 fully saturated rings. The number of halogens is 2. The summed E-state index contributed by atoms with van der Waals surface area (Å²) < 4.78 is 63.1. The van der Waals surface area contributed by atoms with Gasteiger partial charge < -0.3 is 24.5 Å². The van der Waals surface area contributed by atoms with Crippen molar-refractivity contribution >= 4 is 26.8 Å². The average Bonchev–Trinajstić information content (AvgIpc) is 3.46. The molecule has 0 spiro atoms. The van der Waals surface area contributed by atoms with Crippen molar-refractivity contribution in [1.82, 2.24) is 19.9 Å². The van der Waals surface area contributed by atoms with Crippen molar-refractivity contribution in [2.75, 3.05) is 12.4 Å². The van der Waals surface area contributed by atoms with Gasteiger partial charge in [0.25, 0.3) is 5.91 Å². The third-order valence-electron chi connectivity index (χ3n) is 7.69. The number of para-hydroxylation sites is 1. The molecule has 0 saturated heterocycles. The number of fused-ring (bicyclic) bond motifs is 2. The Morgan fingerprint density at radius 1 is 1.19 bits per heavy atom. The maximum atomic E-state index is 13.8. The number of alkyl halides is 2. The standard InChI is InChI=1S/C29H28F2N4O6S/c1-2-42(38,39)20-10-11-21(32-14-20)23(16-36)34-28(37)18-9-12-24-22(13-18)33-27(17-5-3-6-17)35(24)15-19-7-4-8-25-26(19)41-29(30,31)40-25/h4,7-14,17,23,36H,2-3,5-6,15-16H2,1H3,(H,34,37)/t23-/m1/s1. The zero-order chi connectivity index (χ0) is 29.6. The first kappa shape index (κ1) is 28.0. The van der Waals surface area contributed by atoms with Gasteiger partial charge in [0, 0.05) is 23.2 Å². The molecule has 13 heteroatoms. The topological polar surface area (TPSA) is 133 Å². The summed E-state index contributed by atoms with van der Waals surface area (Å²) in [6, 6.07) is 11.8. The second-order valence-electron chi connectivity index (χ2n) is 10.3. The second-order valence-corrected chi connectivity index (χ2v) is 12.6. The molecule has 0 unspecified atom stereocenters. The fourth-order valence-corrected chi connectivity index (χ4v) is 5.98. The second kappa shape index (κ2) is 10.6. The summed E-state index contributed by atoms with van der Waals surface area (Å²) in [7, 11) is -3.44. The minimum atomic E-state index is -3.73. The van der Waals surface area contributed by atoms with Gasteiger partial charge in [0.1, 0.15) is 5.82 Å². The maximum Gasteiger partial charge on any atom is 0.586 e. The lowest BCUT2D eigenvalue weighted by molar-refractivity contribution is -0.286. The first-order valence-corrected chi connectivity index (χ1v) is 15.2. The molecule has 2 aliphatic rings. The maximum absolute atomic E-state index is 13.8. The van der Waals surface area contributed by atoms with E-state index in [1.54, 1.807) is 30.3 Å². The van der Waals surface area contributed by atoms with Gasteiger partial charge in [0.05, 0.1) is 46.6 Å². The molecule has 4 aromatic rings. The number of rotatable bonds is 9. The number of pyridine rings is 1. The van der Waals surface area contributed by atoms with Crippen LogP contribution in [0.25, 0.3) is 11.0 Å². The molecule has 3 heterocycles. The van der Waals surface area contributed by atoms with Crippen molar-refractivity contribution in [2.24, 2.45) is 0 Å². The van der Waals surface area contributed by atoms with E-state index in [1.807, 2.05) is 4.57 Å². The largest absolute Gasteiger partial charge is 0.586 e. The third kappa shape index (κ3) is 5.18. The summed E-state index contributed by atoms with van der Waals surface area (Å²) >= 11 is 0. The molecule has 0 bridgehead atoms. The van der Waals surface area contributed by atoms with Crippen molar-refractivity contribution in [1.29, 1.82) is 0 Å². The number of aromatic nitrogens is 3. The van der Waals surface area contributed by atoms with Gasteiger partial charge in [-0.25, -0.2) is 13.4 Å². The van der Waals surface area contributed by atoms with E-state index in [0.717, 1.165) is 30.6 Å². The minimum absolute atomic E-state index is 0.0103. The van der Waals surface area contributed by atoms with Crippen LogP contribution < -0.4 is 14.8 Å². The van der Waals surface area contributed by atoms with Gasteiger partial charge in [-0.05, 0) is 49.2 Å². The summed E-state index contributed by atoms with van der Waals surface area (Å²) in [6.07, 6.45) is 0.443. The number of ether oxygens (including phenoxy) is 2. The van der Waals surface area contributed by atoms with Crippen LogP contribution in [0.5, 0.6) is 11.5 Å². The Morgan fingerprint density at radius 2 is 2.00 bits per heavy atom. The highest BCUT2D eigenvalue weighted by atomic mass is 32.2. The smallest absolute Gasteiger partial charge is 0.395 e. The predicted molar refractivity (Wildman–Crippen MR) is 147 cm³/mol. The fourth-order valence-electron chi connectivity index (χ4n) is 5.16. The highest BCUT2D eigenvalue weighted by Crippen LogP contribution is 2.44. The summed E-state index contributed by atoms with van der Waals surface area (Å²) in [4.78, 5) is 22.2. The number of nitrogens with one attached hydrogen (secondary N) is 1. The van der Waals surface area contributed by atoms with Gasteiger partial charge in [-0.2, -0.15) is 0 Å². The Bertz CT molecular complexity index is 1770. The zero-order valence-electron chi connectivity index (χ0n) is 22.6. The lowest BCUT2D eigenvalue weighted by Crippen LogP contribution is -2.31. The molecule has 1 amide bonds. The van der Waals surface area contributed by atoms with E-state index in [-0.39, 0.29) is 34.6 Å². The number of carbonyl (C=O) groups excluding carboxylic acids is 1. The Kier molecular flexibility index (Phi) is 7.09. The molecule has 0 radical (unpaired) electrons. The number of amides is 1. The zero-order valence-corrected chi connectivity index (χ0v) is 23.4. The lowest BCUT2D eigenvalue weighted by atomic mass is 9.85. The van der Waals surface area contributed by atoms with Crippen LogP contribution in [0.3, 0.4) is 0 Å². The van der Waals surface area contributed by atoms with Crippen LogP contribution in [-0.4, -0.2) is 52.6 Å². The summed E-state index contributed by atoms with van der Waals surface area (Å²) in [5.74, 6) is 0.424. The number of aliphatic hydroxyl groups excluding tert-OH is 1. The SMILES string of the molecule is CCS(=O)(=O)c1ccc([C@@H](CO)NC(=O)c2ccc3c(c2)nc(C2CCC2)n3Cc2cccc3c2OC(F)(F)O3)nc1. The third-order valence-corrected chi connectivity index (χ3v) is 9.41. The molecule has 220 valence electrons. The van der Waals surface area contributed by atoms with Gasteiger partial charge in [-0.1, -0.05) is 25.5 Å². The lowest BCUT2D eigenvalue weighted by Gasteiger charge is -2.25. The molecule has 6 rings (SSSR count). The predicted octanol–water partition coefficient (Wildman–Crippen LogP) is 4.33. The minimum Gasteiger partial charge on any atom is -0.395 e. The van der Waals surface area contributed by atoms with E-state index >= 15 is 0 Å². The van der Waals surface area contributed by atoms with E-state index in [2.05, 4.69) is 15.0 Å². The van der Waals surface area contributed by atoms with E-state index in [0.29, 0.717) is 22.3 Å². The Balaban J connectivity index is 1.28. The Hall–Kier alpha value is -4.10. The first-order valence-electron chi connectivity index (χ1n) is 13.6. The van der Waals surface area contributed by atoms with Crippen LogP contribution in [0.2, 0.25) is 0 Å². The fraction of sp³-hybridized carbons (Fsp3) is 0.345. The monoisotopic (exact) mass is 598 g/mol. The number of imidazole rings is 1. The molecule has 42 heavy (non-hydrogen) atoms. The van der Waals surface area contributed by atoms with Gasteiger partial charge in [0.15, 0.2) is 21.3 Å². The van der Waals surface area contributed by atoms with Crippen molar-refractivity contribution in [3.63, 3.8) is 0 Å². The van der Waals surface area contributed by atoms with E-state index in [1.165, 1.54) is 31.3 Å². The number of nitrogens with zero attached hydrogens (tertiary/aromatic N) is 3. The highest BCUT2D eigenvalue weighted by molar-refractivity contribution is 7.91. The number of hydrogen-bond donors (Lipinski definition) is 2. The number of sulfone groups is 1. The Morgan fingerprint density at radius 3 is 2.67 bits per heavy atom. The van der Waals surface area contributed by atoms with Crippen LogP contribution in [-0.2, 0) is 16.4 Å². The highest BCUT2D eigenvalue weighted by Gasteiger charge is 2.44. The van der Waals surface area contributed by atoms with Crippen LogP contribution in [0.4, 0.5) is 8.78 Å². The molecule has 2 aromatic carbocycles. The van der Waals surface area contributed by atoms with Crippen LogP contribution >= 0.6 is 0 Å². The van der Waals surface area contributed by atoms with E-state index in [9.17, 15) is 27.1 Å². The van der Waals surface area contributed by atoms with Crippen LogP contribution in [0.1, 0.15) is 65.6 Å². The first-order chi connectivity index (χ1) is 20.1. The van der Waals surface area contributed by atoms with Crippen LogP contribution in [0.15, 0.2) is 59.6 Å². The summed E-state index contributed by atoms with van der Waals surface area (Å²) in [6.45, 7) is 1.30. The molecule has 1 atom stereocenters. The Labute approximate surface area is 240 Å². The van der Waals surface area contributed by atoms with Gasteiger partial charge in [-0.15, -0.1) is 8.78 Å². The van der Waals surface area contributed by atoms with Crippen molar-refractivity contribution in [3.8, 4) is 11.5 Å². The molecule has 1 aliphatic heterocycles. The van der Waals surface area contributed by atoms with Gasteiger partial charge in [0.2, 0.25) is 0 Å². The molecule has 2 aromatic heterocycles. The van der Waals surface area contributed by atoms with Gasteiger partial charge >= 0.3 is 6.29 Å². The number of benzene rings is 2. The molecular weight excluding hydrogens is 570 g/mol.